The van der Waals surface area contributed by atoms with Gasteiger partial charge in [-0.05, 0) is 126 Å². The highest BCUT2D eigenvalue weighted by Gasteiger charge is 2.25. The largest absolute Gasteiger partial charge is 0.379 e. The van der Waals surface area contributed by atoms with Gasteiger partial charge in [0, 0.05) is 29.4 Å². The van der Waals surface area contributed by atoms with Crippen LogP contribution in [0.5, 0.6) is 0 Å². The van der Waals surface area contributed by atoms with Gasteiger partial charge in [0.1, 0.15) is 11.6 Å². The zero-order valence-electron chi connectivity index (χ0n) is 25.4. The Morgan fingerprint density at radius 3 is 1.73 bits per heavy atom. The van der Waals surface area contributed by atoms with Crippen LogP contribution in [0.3, 0.4) is 0 Å². The molecule has 0 spiro atoms. The van der Waals surface area contributed by atoms with Crippen molar-refractivity contribution in [2.45, 2.75) is 80.1 Å². The summed E-state index contributed by atoms with van der Waals surface area (Å²) >= 11 is 0. The molecule has 0 aromatic carbocycles. The Balaban J connectivity index is 1.02. The molecule has 2 atom stereocenters. The van der Waals surface area contributed by atoms with Crippen LogP contribution in [0.2, 0.25) is 0 Å². The van der Waals surface area contributed by atoms with Crippen LogP contribution in [0, 0.1) is 47.5 Å². The van der Waals surface area contributed by atoms with E-state index in [-0.39, 0.29) is 6.10 Å². The zero-order valence-corrected chi connectivity index (χ0v) is 25.4. The highest BCUT2D eigenvalue weighted by atomic mass is 16.5. The van der Waals surface area contributed by atoms with Gasteiger partial charge in [-0.3, -0.25) is 0 Å². The lowest BCUT2D eigenvalue weighted by Gasteiger charge is -2.15. The molecule has 4 heterocycles. The Morgan fingerprint density at radius 2 is 1.17 bits per heavy atom. The van der Waals surface area contributed by atoms with Gasteiger partial charge in [-0.15, -0.1) is 0 Å². The van der Waals surface area contributed by atoms with Crippen LogP contribution in [-0.4, -0.2) is 45.0 Å². The van der Waals surface area contributed by atoms with E-state index in [2.05, 4.69) is 99.2 Å². The van der Waals surface area contributed by atoms with Crippen LogP contribution in [0.15, 0.2) is 48.5 Å². The molecule has 218 valence electrons. The minimum Gasteiger partial charge on any atom is -0.379 e. The third-order valence-electron chi connectivity index (χ3n) is 7.95. The fourth-order valence-electron chi connectivity index (χ4n) is 5.96. The van der Waals surface area contributed by atoms with E-state index in [1.807, 2.05) is 0 Å². The van der Waals surface area contributed by atoms with Gasteiger partial charge in [-0.25, -0.2) is 9.97 Å². The summed E-state index contributed by atoms with van der Waals surface area (Å²) in [7, 11) is 0. The number of hydrogen-bond acceptors (Lipinski definition) is 5. The number of aromatic nitrogens is 4. The zero-order chi connectivity index (χ0) is 28.9. The molecular formula is C34H44N4O3. The van der Waals surface area contributed by atoms with Crippen LogP contribution in [0.4, 0.5) is 0 Å². The maximum absolute atomic E-state index is 6.30. The van der Waals surface area contributed by atoms with Crippen molar-refractivity contribution in [3.8, 4) is 11.6 Å². The molecule has 1 aliphatic rings. The predicted molar refractivity (Wildman–Crippen MR) is 162 cm³/mol. The fourth-order valence-corrected chi connectivity index (χ4v) is 5.96. The minimum atomic E-state index is 0.259. The Hall–Kier alpha value is -3.26. The number of hydrogen-bond donors (Lipinski definition) is 0. The molecule has 4 aromatic heterocycles. The van der Waals surface area contributed by atoms with E-state index in [1.54, 1.807) is 0 Å². The van der Waals surface area contributed by atoms with Crippen molar-refractivity contribution in [2.75, 3.05) is 19.8 Å². The average molecular weight is 557 g/mol. The Bertz CT molecular complexity index is 1430. The van der Waals surface area contributed by atoms with Gasteiger partial charge in [-0.1, -0.05) is 0 Å². The second-order valence-electron chi connectivity index (χ2n) is 11.6. The molecule has 5 rings (SSSR count). The summed E-state index contributed by atoms with van der Waals surface area (Å²) < 4.78 is 22.6. The summed E-state index contributed by atoms with van der Waals surface area (Å²) in [5, 5.41) is 0. The van der Waals surface area contributed by atoms with E-state index in [0.29, 0.717) is 32.3 Å². The van der Waals surface area contributed by atoms with Crippen LogP contribution in [0.25, 0.3) is 11.6 Å². The molecule has 41 heavy (non-hydrogen) atoms. The van der Waals surface area contributed by atoms with Crippen molar-refractivity contribution in [2.24, 2.45) is 5.92 Å². The maximum Gasteiger partial charge on any atom is 0.137 e. The molecule has 0 radical (unpaired) electrons. The van der Waals surface area contributed by atoms with Crippen molar-refractivity contribution >= 4 is 0 Å². The van der Waals surface area contributed by atoms with Crippen LogP contribution in [-0.2, 0) is 27.4 Å². The Morgan fingerprint density at radius 1 is 0.659 bits per heavy atom. The molecule has 7 heteroatoms. The molecule has 4 aromatic rings. The van der Waals surface area contributed by atoms with Crippen LogP contribution < -0.4 is 0 Å². The summed E-state index contributed by atoms with van der Waals surface area (Å²) in [6, 6.07) is 17.0. The molecule has 0 saturated heterocycles. The quantitative estimate of drug-likeness (QED) is 0.179. The molecule has 0 unspecified atom stereocenters. The summed E-state index contributed by atoms with van der Waals surface area (Å²) in [5.74, 6) is 2.44. The van der Waals surface area contributed by atoms with Crippen LogP contribution >= 0.6 is 0 Å². The molecule has 0 N–H and O–H groups in total. The van der Waals surface area contributed by atoms with E-state index in [1.165, 1.54) is 33.9 Å². The van der Waals surface area contributed by atoms with E-state index < -0.39 is 0 Å². The highest BCUT2D eigenvalue weighted by molar-refractivity contribution is 5.36. The molecule has 1 saturated carbocycles. The topological polar surface area (TPSA) is 63.3 Å². The Kier molecular flexibility index (Phi) is 9.38. The van der Waals surface area contributed by atoms with Gasteiger partial charge < -0.3 is 23.3 Å². The summed E-state index contributed by atoms with van der Waals surface area (Å²) in [6.07, 6.45) is 3.49. The standard InChI is InChI=1S/C34H44N4O3/c1-23-15-30(35-33(17-23)37-25(3)7-8-26(37)4)21-40-14-13-39-20-29-11-12-32(19-29)41-22-31-16-24(2)18-34(36-31)38-27(5)9-10-28(38)6/h7-10,15-18,29,32H,11-14,19-22H2,1-6H3/t29-,32-/m0/s1. The first-order valence-corrected chi connectivity index (χ1v) is 14.8. The molecule has 0 amide bonds. The van der Waals surface area contributed by atoms with Gasteiger partial charge in [-0.2, -0.15) is 0 Å². The Labute approximate surface area is 244 Å². The highest BCUT2D eigenvalue weighted by Crippen LogP contribution is 2.29. The van der Waals surface area contributed by atoms with Crippen molar-refractivity contribution in [3.63, 3.8) is 0 Å². The smallest absolute Gasteiger partial charge is 0.137 e. The van der Waals surface area contributed by atoms with Gasteiger partial charge in [0.05, 0.1) is 43.9 Å². The van der Waals surface area contributed by atoms with Crippen molar-refractivity contribution in [1.29, 1.82) is 0 Å². The van der Waals surface area contributed by atoms with Gasteiger partial charge >= 0.3 is 0 Å². The molecule has 7 nitrogen and oxygen atoms in total. The lowest BCUT2D eigenvalue weighted by atomic mass is 10.1. The van der Waals surface area contributed by atoms with Gasteiger partial charge in [0.15, 0.2) is 0 Å². The molecule has 0 aliphatic heterocycles. The first-order valence-electron chi connectivity index (χ1n) is 14.8. The van der Waals surface area contributed by atoms with E-state index in [0.717, 1.165) is 48.9 Å². The molecule has 1 fully saturated rings. The lowest BCUT2D eigenvalue weighted by molar-refractivity contribution is 0.0171. The summed E-state index contributed by atoms with van der Waals surface area (Å²) in [5.41, 5.74) is 9.05. The second-order valence-corrected chi connectivity index (χ2v) is 11.6. The monoisotopic (exact) mass is 556 g/mol. The van der Waals surface area contributed by atoms with E-state index in [4.69, 9.17) is 24.2 Å². The molecule has 0 bridgehead atoms. The first kappa shape index (κ1) is 29.2. The normalized spacial score (nSPS) is 17.0. The number of nitrogens with zero attached hydrogens (tertiary/aromatic N) is 4. The fraction of sp³-hybridized carbons (Fsp3) is 0.471. The number of aryl methyl sites for hydroxylation is 6. The number of rotatable bonds is 12. The minimum absolute atomic E-state index is 0.259. The van der Waals surface area contributed by atoms with Crippen molar-refractivity contribution in [1.82, 2.24) is 19.1 Å². The van der Waals surface area contributed by atoms with Crippen molar-refractivity contribution in [3.05, 3.63) is 93.8 Å². The van der Waals surface area contributed by atoms with E-state index >= 15 is 0 Å². The average Bonchev–Trinajstić information content (AvgIpc) is 3.62. The molecular weight excluding hydrogens is 512 g/mol. The van der Waals surface area contributed by atoms with Gasteiger partial charge in [0.25, 0.3) is 0 Å². The number of ether oxygens (including phenoxy) is 3. The number of pyridine rings is 2. The third-order valence-corrected chi connectivity index (χ3v) is 7.95. The summed E-state index contributed by atoms with van der Waals surface area (Å²) in [4.78, 5) is 9.74. The lowest BCUT2D eigenvalue weighted by Crippen LogP contribution is -2.14. The van der Waals surface area contributed by atoms with E-state index in [9.17, 15) is 0 Å². The predicted octanol–water partition coefficient (Wildman–Crippen LogP) is 6.83. The summed E-state index contributed by atoms with van der Waals surface area (Å²) in [6.45, 7) is 15.6. The molecule has 1 aliphatic carbocycles. The van der Waals surface area contributed by atoms with Gasteiger partial charge in [0.2, 0.25) is 0 Å². The third kappa shape index (κ3) is 7.34. The van der Waals surface area contributed by atoms with Crippen molar-refractivity contribution < 1.29 is 14.2 Å². The second kappa shape index (κ2) is 13.1. The SMILES string of the molecule is Cc1cc(COCCOC[C@H]2CC[C@H](OCc3cc(C)cc(-n4c(C)ccc4C)n3)C2)nc(-n2c(C)ccc2C)c1. The maximum atomic E-state index is 6.30. The van der Waals surface area contributed by atoms with Crippen LogP contribution in [0.1, 0.15) is 64.6 Å². The first-order chi connectivity index (χ1) is 19.8.